The van der Waals surface area contributed by atoms with Crippen molar-refractivity contribution in [2.75, 3.05) is 25.5 Å². The van der Waals surface area contributed by atoms with Gasteiger partial charge in [-0.3, -0.25) is 14.5 Å². The number of rotatable bonds is 2. The molecule has 1 spiro atoms. The van der Waals surface area contributed by atoms with E-state index in [1.807, 2.05) is 25.1 Å². The summed E-state index contributed by atoms with van der Waals surface area (Å²) in [6.45, 7) is 3.78. The third kappa shape index (κ3) is 2.33. The van der Waals surface area contributed by atoms with Crippen LogP contribution < -0.4 is 5.32 Å². The number of hydrogen-bond acceptors (Lipinski definition) is 4. The third-order valence-corrected chi connectivity index (χ3v) is 6.29. The van der Waals surface area contributed by atoms with Gasteiger partial charge in [0, 0.05) is 24.8 Å². The van der Waals surface area contributed by atoms with Crippen molar-refractivity contribution in [2.45, 2.75) is 37.6 Å². The summed E-state index contributed by atoms with van der Waals surface area (Å²) in [5, 5.41) is 3.08. The lowest BCUT2D eigenvalue weighted by atomic mass is 9.70. The Hall–Kier alpha value is -2.14. The maximum Gasteiger partial charge on any atom is 0.306 e. The molecule has 0 saturated carbocycles. The molecule has 4 rings (SSSR count). The van der Waals surface area contributed by atoms with Gasteiger partial charge in [-0.25, -0.2) is 0 Å². The zero-order valence-corrected chi connectivity index (χ0v) is 14.7. The summed E-state index contributed by atoms with van der Waals surface area (Å²) >= 11 is 0. The van der Waals surface area contributed by atoms with E-state index in [2.05, 4.69) is 22.4 Å². The van der Waals surface area contributed by atoms with Crippen LogP contribution in [0.3, 0.4) is 0 Å². The number of methoxy groups -OCH3 is 1. The molecular weight excluding hydrogens is 316 g/mol. The minimum Gasteiger partial charge on any atom is -0.469 e. The highest BCUT2D eigenvalue weighted by atomic mass is 16.5. The molecular formula is C20H24N2O3. The van der Waals surface area contributed by atoms with Crippen LogP contribution in [-0.4, -0.2) is 43.0 Å². The summed E-state index contributed by atoms with van der Waals surface area (Å²) in [6.07, 6.45) is 4.16. The normalized spacial score (nSPS) is 32.6. The number of carbonyl (C=O) groups excluding carboxylic acids is 2. The van der Waals surface area contributed by atoms with Crippen LogP contribution in [0.5, 0.6) is 0 Å². The van der Waals surface area contributed by atoms with Gasteiger partial charge in [-0.05, 0) is 37.3 Å². The summed E-state index contributed by atoms with van der Waals surface area (Å²) in [4.78, 5) is 27.3. The molecule has 1 aromatic rings. The number of benzene rings is 1. The van der Waals surface area contributed by atoms with Gasteiger partial charge in [-0.2, -0.15) is 0 Å². The molecule has 1 aromatic carbocycles. The van der Waals surface area contributed by atoms with Crippen molar-refractivity contribution in [1.82, 2.24) is 4.90 Å². The Balaban J connectivity index is 1.70. The predicted molar refractivity (Wildman–Crippen MR) is 95.2 cm³/mol. The first kappa shape index (κ1) is 16.3. The molecule has 0 unspecified atom stereocenters. The SMILES string of the molecule is C/C=C1/CN2CC[C@@]3(C(=O)Nc4ccccc43)[C@@H]2C[C@H]1CC(=O)OC. The molecule has 1 N–H and O–H groups in total. The van der Waals surface area contributed by atoms with E-state index in [1.54, 1.807) is 0 Å². The van der Waals surface area contributed by atoms with Crippen molar-refractivity contribution in [1.29, 1.82) is 0 Å². The number of anilines is 1. The van der Waals surface area contributed by atoms with Crippen molar-refractivity contribution in [3.8, 4) is 0 Å². The topological polar surface area (TPSA) is 58.6 Å². The van der Waals surface area contributed by atoms with E-state index in [9.17, 15) is 9.59 Å². The fourth-order valence-electron chi connectivity index (χ4n) is 5.02. The number of allylic oxidation sites excluding steroid dienone is 1. The van der Waals surface area contributed by atoms with Gasteiger partial charge in [0.2, 0.25) is 5.91 Å². The second-order valence-corrected chi connectivity index (χ2v) is 7.28. The number of fused-ring (bicyclic) bond motifs is 4. The van der Waals surface area contributed by atoms with Gasteiger partial charge in [0.05, 0.1) is 18.9 Å². The van der Waals surface area contributed by atoms with Crippen LogP contribution >= 0.6 is 0 Å². The maximum atomic E-state index is 13.0. The quantitative estimate of drug-likeness (QED) is 0.664. The first-order chi connectivity index (χ1) is 12.1. The fourth-order valence-corrected chi connectivity index (χ4v) is 5.02. The Bertz CT molecular complexity index is 757. The minimum atomic E-state index is -0.482. The van der Waals surface area contributed by atoms with Gasteiger partial charge in [0.1, 0.15) is 0 Å². The molecule has 0 aromatic heterocycles. The lowest BCUT2D eigenvalue weighted by molar-refractivity contribution is -0.141. The van der Waals surface area contributed by atoms with Crippen molar-refractivity contribution in [3.05, 3.63) is 41.5 Å². The Labute approximate surface area is 148 Å². The minimum absolute atomic E-state index is 0.113. The second kappa shape index (κ2) is 5.99. The molecule has 3 aliphatic heterocycles. The van der Waals surface area contributed by atoms with E-state index >= 15 is 0 Å². The van der Waals surface area contributed by atoms with Gasteiger partial charge in [0.15, 0.2) is 0 Å². The van der Waals surface area contributed by atoms with Crippen LogP contribution in [-0.2, 0) is 19.7 Å². The summed E-state index contributed by atoms with van der Waals surface area (Å²) in [5.74, 6) is 0.0808. The largest absolute Gasteiger partial charge is 0.469 e. The predicted octanol–water partition coefficient (Wildman–Crippen LogP) is 2.48. The highest BCUT2D eigenvalue weighted by Gasteiger charge is 2.59. The number of carbonyl (C=O) groups is 2. The number of nitrogens with zero attached hydrogens (tertiary/aromatic N) is 1. The Morgan fingerprint density at radius 2 is 2.24 bits per heavy atom. The average Bonchev–Trinajstić information content (AvgIpc) is 3.14. The van der Waals surface area contributed by atoms with Crippen molar-refractivity contribution < 1.29 is 14.3 Å². The smallest absolute Gasteiger partial charge is 0.306 e. The van der Waals surface area contributed by atoms with Crippen LogP contribution in [0.4, 0.5) is 5.69 Å². The molecule has 5 nitrogen and oxygen atoms in total. The number of esters is 1. The lowest BCUT2D eigenvalue weighted by Gasteiger charge is -2.42. The molecule has 0 bridgehead atoms. The van der Waals surface area contributed by atoms with E-state index in [4.69, 9.17) is 4.74 Å². The van der Waals surface area contributed by atoms with Crippen LogP contribution in [0.2, 0.25) is 0 Å². The summed E-state index contributed by atoms with van der Waals surface area (Å²) in [7, 11) is 1.44. The monoisotopic (exact) mass is 340 g/mol. The Morgan fingerprint density at radius 1 is 1.44 bits per heavy atom. The van der Waals surface area contributed by atoms with Crippen LogP contribution in [0.25, 0.3) is 0 Å². The number of para-hydroxylation sites is 1. The summed E-state index contributed by atoms with van der Waals surface area (Å²) in [5.41, 5.74) is 2.86. The Morgan fingerprint density at radius 3 is 3.00 bits per heavy atom. The molecule has 132 valence electrons. The highest BCUT2D eigenvalue weighted by molar-refractivity contribution is 6.07. The molecule has 3 heterocycles. The number of hydrogen-bond donors (Lipinski definition) is 1. The van der Waals surface area contributed by atoms with E-state index < -0.39 is 5.41 Å². The van der Waals surface area contributed by atoms with E-state index in [1.165, 1.54) is 12.7 Å². The van der Waals surface area contributed by atoms with Crippen molar-refractivity contribution in [3.63, 3.8) is 0 Å². The average molecular weight is 340 g/mol. The van der Waals surface area contributed by atoms with Crippen molar-refractivity contribution >= 4 is 17.6 Å². The molecule has 2 fully saturated rings. The second-order valence-electron chi connectivity index (χ2n) is 7.28. The number of ether oxygens (including phenoxy) is 1. The van der Waals surface area contributed by atoms with Crippen molar-refractivity contribution in [2.24, 2.45) is 5.92 Å². The maximum absolute atomic E-state index is 13.0. The number of nitrogens with one attached hydrogen (secondary N) is 1. The van der Waals surface area contributed by atoms with Gasteiger partial charge in [-0.15, -0.1) is 0 Å². The Kier molecular flexibility index (Phi) is 3.91. The molecule has 3 atom stereocenters. The van der Waals surface area contributed by atoms with Crippen LogP contribution in [0, 0.1) is 5.92 Å². The lowest BCUT2D eigenvalue weighted by Crippen LogP contribution is -2.51. The number of amides is 1. The first-order valence-electron chi connectivity index (χ1n) is 8.97. The standard InChI is InChI=1S/C20H24N2O3/c1-3-13-12-22-9-8-20(17(22)10-14(13)11-18(23)25-2)15-6-4-5-7-16(15)21-19(20)24/h3-7,14,17H,8-12H2,1-2H3,(H,21,24)/b13-3-/t14-,17-,20-/m0/s1. The van der Waals surface area contributed by atoms with Gasteiger partial charge < -0.3 is 10.1 Å². The zero-order valence-electron chi connectivity index (χ0n) is 14.7. The molecule has 25 heavy (non-hydrogen) atoms. The first-order valence-corrected chi connectivity index (χ1v) is 8.97. The summed E-state index contributed by atoms with van der Waals surface area (Å²) < 4.78 is 4.89. The molecule has 0 radical (unpaired) electrons. The molecule has 1 amide bonds. The third-order valence-electron chi connectivity index (χ3n) is 6.29. The van der Waals surface area contributed by atoms with E-state index in [0.717, 1.165) is 37.2 Å². The van der Waals surface area contributed by atoms with Crippen LogP contribution in [0.1, 0.15) is 31.7 Å². The van der Waals surface area contributed by atoms with Crippen LogP contribution in [0.15, 0.2) is 35.9 Å². The molecule has 3 aliphatic rings. The molecule has 2 saturated heterocycles. The summed E-state index contributed by atoms with van der Waals surface area (Å²) in [6, 6.07) is 8.17. The van der Waals surface area contributed by atoms with Gasteiger partial charge in [-0.1, -0.05) is 29.8 Å². The molecule has 5 heteroatoms. The van der Waals surface area contributed by atoms with Gasteiger partial charge >= 0.3 is 5.97 Å². The van der Waals surface area contributed by atoms with E-state index in [-0.39, 0.29) is 23.8 Å². The fraction of sp³-hybridized carbons (Fsp3) is 0.500. The number of piperidine rings is 1. The zero-order chi connectivity index (χ0) is 17.6. The molecule has 0 aliphatic carbocycles. The highest BCUT2D eigenvalue weighted by Crippen LogP contribution is 2.52. The van der Waals surface area contributed by atoms with E-state index in [0.29, 0.717) is 6.42 Å². The van der Waals surface area contributed by atoms with Gasteiger partial charge in [0.25, 0.3) is 0 Å².